The highest BCUT2D eigenvalue weighted by Crippen LogP contribution is 2.32. The summed E-state index contributed by atoms with van der Waals surface area (Å²) in [5, 5.41) is 12.3. The largest absolute Gasteiger partial charge is 0.394 e. The van der Waals surface area contributed by atoms with Crippen LogP contribution in [0.1, 0.15) is 23.0 Å². The number of imidazole rings is 1. The van der Waals surface area contributed by atoms with Crippen molar-refractivity contribution in [3.05, 3.63) is 57.7 Å². The van der Waals surface area contributed by atoms with Gasteiger partial charge in [-0.1, -0.05) is 30.1 Å². The van der Waals surface area contributed by atoms with Gasteiger partial charge in [0, 0.05) is 23.1 Å². The first-order chi connectivity index (χ1) is 13.5. The predicted octanol–water partition coefficient (Wildman–Crippen LogP) is 3.74. The van der Waals surface area contributed by atoms with E-state index in [1.54, 1.807) is 18.3 Å². The Labute approximate surface area is 170 Å². The maximum atomic E-state index is 15.2. The van der Waals surface area contributed by atoms with E-state index in [1.165, 1.54) is 16.7 Å². The number of nitrogens with zero attached hydrogens (tertiary/aromatic N) is 2. The van der Waals surface area contributed by atoms with Crippen LogP contribution in [0.25, 0.3) is 5.65 Å². The van der Waals surface area contributed by atoms with Crippen LogP contribution in [0, 0.1) is 5.82 Å². The summed E-state index contributed by atoms with van der Waals surface area (Å²) in [4.78, 5) is 21.5. The van der Waals surface area contributed by atoms with Gasteiger partial charge in [0.2, 0.25) is 0 Å². The summed E-state index contributed by atoms with van der Waals surface area (Å²) in [6.07, 6.45) is 3.61. The van der Waals surface area contributed by atoms with Gasteiger partial charge < -0.3 is 14.8 Å². The number of hydrogen-bond donors (Lipinski definition) is 3. The van der Waals surface area contributed by atoms with Gasteiger partial charge in [-0.25, -0.2) is 14.9 Å². The molecule has 148 valence electrons. The second kappa shape index (κ2) is 8.74. The molecule has 0 bridgehead atoms. The lowest BCUT2D eigenvalue weighted by atomic mass is 10.2. The Morgan fingerprint density at radius 2 is 2.18 bits per heavy atom. The maximum Gasteiger partial charge on any atom is 0.278 e. The molecular formula is C18H17Cl2FN4O3. The lowest BCUT2D eigenvalue weighted by molar-refractivity contribution is 0.0168. The van der Waals surface area contributed by atoms with Crippen LogP contribution in [0.3, 0.4) is 0 Å². The first-order valence-corrected chi connectivity index (χ1v) is 9.15. The Hall–Kier alpha value is -2.39. The number of anilines is 2. The van der Waals surface area contributed by atoms with Crippen molar-refractivity contribution in [1.82, 2.24) is 14.9 Å². The second-order valence-corrected chi connectivity index (χ2v) is 6.62. The van der Waals surface area contributed by atoms with E-state index in [1.807, 2.05) is 6.92 Å². The summed E-state index contributed by atoms with van der Waals surface area (Å²) >= 11 is 12.1. The number of aryl methyl sites for hydroxylation is 1. The number of fused-ring (bicyclic) bond motifs is 1. The van der Waals surface area contributed by atoms with Gasteiger partial charge in [0.15, 0.2) is 11.5 Å². The Kier molecular flexibility index (Phi) is 6.35. The van der Waals surface area contributed by atoms with Crippen LogP contribution in [-0.2, 0) is 11.3 Å². The van der Waals surface area contributed by atoms with Gasteiger partial charge in [-0.05, 0) is 24.6 Å². The van der Waals surface area contributed by atoms with Crippen molar-refractivity contribution in [2.75, 3.05) is 18.5 Å². The van der Waals surface area contributed by atoms with Crippen LogP contribution in [0.15, 0.2) is 30.6 Å². The minimum atomic E-state index is -0.722. The number of hydrogen-bond acceptors (Lipinski definition) is 5. The van der Waals surface area contributed by atoms with E-state index in [9.17, 15) is 4.79 Å². The van der Waals surface area contributed by atoms with E-state index in [-0.39, 0.29) is 35.1 Å². The van der Waals surface area contributed by atoms with Gasteiger partial charge in [-0.2, -0.15) is 0 Å². The molecule has 10 heteroatoms. The summed E-state index contributed by atoms with van der Waals surface area (Å²) < 4.78 is 16.8. The first-order valence-electron chi connectivity index (χ1n) is 8.39. The molecule has 2 aromatic heterocycles. The topological polar surface area (TPSA) is 87.9 Å². The molecule has 7 nitrogen and oxygen atoms in total. The number of carbonyl (C=O) groups is 1. The number of halogens is 3. The zero-order valence-electron chi connectivity index (χ0n) is 14.8. The molecule has 0 aliphatic carbocycles. The van der Waals surface area contributed by atoms with E-state index in [2.05, 4.69) is 15.8 Å². The molecule has 0 radical (unpaired) electrons. The van der Waals surface area contributed by atoms with Crippen LogP contribution in [0.5, 0.6) is 0 Å². The smallest absolute Gasteiger partial charge is 0.278 e. The zero-order valence-corrected chi connectivity index (χ0v) is 16.3. The minimum absolute atomic E-state index is 0.0262. The molecule has 0 aliphatic rings. The highest BCUT2D eigenvalue weighted by atomic mass is 35.5. The molecule has 3 rings (SSSR count). The van der Waals surface area contributed by atoms with E-state index in [0.29, 0.717) is 17.1 Å². The normalized spacial score (nSPS) is 11.0. The molecule has 3 aromatic rings. The van der Waals surface area contributed by atoms with E-state index in [0.717, 1.165) is 5.69 Å². The number of hydroxylamine groups is 1. The number of carbonyl (C=O) groups excluding carboxylic acids is 1. The summed E-state index contributed by atoms with van der Waals surface area (Å²) in [5.74, 6) is -1.42. The third-order valence-electron chi connectivity index (χ3n) is 3.97. The van der Waals surface area contributed by atoms with Crippen LogP contribution < -0.4 is 10.8 Å². The number of aliphatic hydroxyl groups excluding tert-OH is 1. The third kappa shape index (κ3) is 4.05. The fourth-order valence-electron chi connectivity index (χ4n) is 2.62. The molecule has 1 aromatic carbocycles. The van der Waals surface area contributed by atoms with Crippen molar-refractivity contribution < 1.29 is 19.1 Å². The minimum Gasteiger partial charge on any atom is -0.394 e. The van der Waals surface area contributed by atoms with Gasteiger partial charge in [-0.3, -0.25) is 9.63 Å². The molecule has 3 N–H and O–H groups in total. The van der Waals surface area contributed by atoms with Crippen molar-refractivity contribution in [2.24, 2.45) is 0 Å². The van der Waals surface area contributed by atoms with E-state index in [4.69, 9.17) is 33.1 Å². The van der Waals surface area contributed by atoms with Crippen LogP contribution in [0.2, 0.25) is 10.0 Å². The standard InChI is InChI=1S/C18H17Cl2FN4O3/c1-2-11-8-22-17-15(21)16(23-14-4-3-10(19)7-13(14)20)12(9-25(11)17)18(27)24-28-6-5-26/h3-4,7-9,23,26H,2,5-6H2,1H3,(H,24,27). The van der Waals surface area contributed by atoms with Crippen molar-refractivity contribution in [3.8, 4) is 0 Å². The Balaban J connectivity index is 2.11. The van der Waals surface area contributed by atoms with Crippen LogP contribution in [0.4, 0.5) is 15.8 Å². The summed E-state index contributed by atoms with van der Waals surface area (Å²) in [7, 11) is 0. The van der Waals surface area contributed by atoms with Gasteiger partial charge >= 0.3 is 0 Å². The second-order valence-electron chi connectivity index (χ2n) is 5.78. The van der Waals surface area contributed by atoms with Crippen LogP contribution >= 0.6 is 23.2 Å². The average molecular weight is 427 g/mol. The van der Waals surface area contributed by atoms with Crippen molar-refractivity contribution in [3.63, 3.8) is 0 Å². The van der Waals surface area contributed by atoms with Crippen molar-refractivity contribution >= 4 is 46.1 Å². The van der Waals surface area contributed by atoms with Gasteiger partial charge in [0.25, 0.3) is 5.91 Å². The summed E-state index contributed by atoms with van der Waals surface area (Å²) in [5.41, 5.74) is 3.20. The lowest BCUT2D eigenvalue weighted by Gasteiger charge is -2.15. The number of nitrogens with one attached hydrogen (secondary N) is 2. The number of aromatic nitrogens is 2. The molecule has 0 saturated carbocycles. The number of benzene rings is 1. The molecule has 1 amide bonds. The molecule has 0 spiro atoms. The third-order valence-corrected chi connectivity index (χ3v) is 4.52. The Bertz CT molecular complexity index is 1030. The monoisotopic (exact) mass is 426 g/mol. The first kappa shape index (κ1) is 20.3. The van der Waals surface area contributed by atoms with Gasteiger partial charge in [0.05, 0.1) is 35.2 Å². The molecule has 28 heavy (non-hydrogen) atoms. The van der Waals surface area contributed by atoms with Crippen molar-refractivity contribution in [1.29, 1.82) is 0 Å². The maximum absolute atomic E-state index is 15.2. The lowest BCUT2D eigenvalue weighted by Crippen LogP contribution is -2.26. The molecule has 0 atom stereocenters. The number of amides is 1. The van der Waals surface area contributed by atoms with E-state index >= 15 is 4.39 Å². The Morgan fingerprint density at radius 3 is 2.86 bits per heavy atom. The predicted molar refractivity (Wildman–Crippen MR) is 105 cm³/mol. The fraction of sp³-hybridized carbons (Fsp3) is 0.222. The van der Waals surface area contributed by atoms with E-state index < -0.39 is 11.7 Å². The highest BCUT2D eigenvalue weighted by Gasteiger charge is 2.22. The number of pyridine rings is 1. The highest BCUT2D eigenvalue weighted by molar-refractivity contribution is 6.36. The van der Waals surface area contributed by atoms with Gasteiger partial charge in [0.1, 0.15) is 0 Å². The Morgan fingerprint density at radius 1 is 1.39 bits per heavy atom. The average Bonchev–Trinajstić information content (AvgIpc) is 3.09. The zero-order chi connectivity index (χ0) is 20.3. The molecule has 0 aliphatic heterocycles. The van der Waals surface area contributed by atoms with Crippen molar-refractivity contribution in [2.45, 2.75) is 13.3 Å². The van der Waals surface area contributed by atoms with Crippen LogP contribution in [-0.4, -0.2) is 33.6 Å². The summed E-state index contributed by atoms with van der Waals surface area (Å²) in [6.45, 7) is 1.51. The molecule has 0 saturated heterocycles. The number of rotatable bonds is 7. The quantitative estimate of drug-likeness (QED) is 0.395. The fourth-order valence-corrected chi connectivity index (χ4v) is 3.08. The summed E-state index contributed by atoms with van der Waals surface area (Å²) in [6, 6.07) is 4.65. The molecule has 0 unspecified atom stereocenters. The van der Waals surface area contributed by atoms with Gasteiger partial charge in [-0.15, -0.1) is 0 Å². The molecule has 0 fully saturated rings. The molecular weight excluding hydrogens is 410 g/mol. The number of aliphatic hydroxyl groups is 1. The molecule has 2 heterocycles. The SMILES string of the molecule is CCc1cnc2c(F)c(Nc3ccc(Cl)cc3Cl)c(C(=O)NOCCO)cn12.